The highest BCUT2D eigenvalue weighted by atomic mass is 16.3. The molecular formula is C28H25N5O3. The normalized spacial score (nSPS) is 10.9. The Labute approximate surface area is 208 Å². The number of amides is 2. The maximum Gasteiger partial charge on any atom is 0.254 e. The SMILES string of the molecule is Cc1cccc(CC(=O)Nc2cnn(-c3cccc(C(=O)N(C)Cc4nc5ccccc5o4)c3)c2)c1. The summed E-state index contributed by atoms with van der Waals surface area (Å²) in [6.45, 7) is 2.24. The molecule has 2 heterocycles. The van der Waals surface area contributed by atoms with Crippen molar-refractivity contribution in [2.45, 2.75) is 19.9 Å². The molecule has 0 fully saturated rings. The molecule has 0 aliphatic rings. The maximum atomic E-state index is 13.1. The van der Waals surface area contributed by atoms with Crippen molar-refractivity contribution in [3.63, 3.8) is 0 Å². The van der Waals surface area contributed by atoms with Crippen LogP contribution in [0.1, 0.15) is 27.4 Å². The van der Waals surface area contributed by atoms with E-state index in [2.05, 4.69) is 15.4 Å². The minimum Gasteiger partial charge on any atom is -0.439 e. The number of hydrogen-bond acceptors (Lipinski definition) is 5. The predicted molar refractivity (Wildman–Crippen MR) is 137 cm³/mol. The van der Waals surface area contributed by atoms with Crippen molar-refractivity contribution in [1.29, 1.82) is 0 Å². The lowest BCUT2D eigenvalue weighted by molar-refractivity contribution is -0.115. The van der Waals surface area contributed by atoms with Gasteiger partial charge in [0.25, 0.3) is 5.91 Å². The third-order valence-corrected chi connectivity index (χ3v) is 5.73. The Balaban J connectivity index is 1.25. The van der Waals surface area contributed by atoms with Crippen LogP contribution in [0, 0.1) is 6.92 Å². The average Bonchev–Trinajstić information content (AvgIpc) is 3.50. The number of fused-ring (bicyclic) bond motifs is 1. The molecule has 0 saturated carbocycles. The first kappa shape index (κ1) is 23.0. The number of aromatic nitrogens is 3. The van der Waals surface area contributed by atoms with E-state index in [0.717, 1.165) is 16.6 Å². The highest BCUT2D eigenvalue weighted by molar-refractivity contribution is 5.94. The lowest BCUT2D eigenvalue weighted by Gasteiger charge is -2.15. The summed E-state index contributed by atoms with van der Waals surface area (Å²) in [5, 5.41) is 7.23. The summed E-state index contributed by atoms with van der Waals surface area (Å²) in [6, 6.07) is 22.5. The van der Waals surface area contributed by atoms with Crippen LogP contribution >= 0.6 is 0 Å². The van der Waals surface area contributed by atoms with Gasteiger partial charge in [-0.15, -0.1) is 0 Å². The van der Waals surface area contributed by atoms with Gasteiger partial charge in [0.1, 0.15) is 5.52 Å². The van der Waals surface area contributed by atoms with Gasteiger partial charge < -0.3 is 14.6 Å². The first-order valence-corrected chi connectivity index (χ1v) is 11.5. The molecule has 0 atom stereocenters. The van der Waals surface area contributed by atoms with E-state index >= 15 is 0 Å². The topological polar surface area (TPSA) is 93.3 Å². The maximum absolute atomic E-state index is 13.1. The van der Waals surface area contributed by atoms with Crippen molar-refractivity contribution >= 4 is 28.6 Å². The highest BCUT2D eigenvalue weighted by Gasteiger charge is 2.16. The van der Waals surface area contributed by atoms with Gasteiger partial charge in [-0.2, -0.15) is 5.10 Å². The van der Waals surface area contributed by atoms with Crippen molar-refractivity contribution in [1.82, 2.24) is 19.7 Å². The monoisotopic (exact) mass is 479 g/mol. The van der Waals surface area contributed by atoms with E-state index < -0.39 is 0 Å². The van der Waals surface area contributed by atoms with E-state index in [1.807, 2.05) is 61.5 Å². The van der Waals surface area contributed by atoms with Crippen molar-refractivity contribution in [3.05, 3.63) is 108 Å². The molecule has 0 saturated heterocycles. The van der Waals surface area contributed by atoms with E-state index in [9.17, 15) is 9.59 Å². The van der Waals surface area contributed by atoms with Crippen LogP contribution in [0.5, 0.6) is 0 Å². The summed E-state index contributed by atoms with van der Waals surface area (Å²) in [5.74, 6) is 0.184. The third kappa shape index (κ3) is 5.17. The molecule has 1 N–H and O–H groups in total. The minimum absolute atomic E-state index is 0.120. The Kier molecular flexibility index (Phi) is 6.32. The van der Waals surface area contributed by atoms with Gasteiger partial charge in [0.2, 0.25) is 11.8 Å². The smallest absolute Gasteiger partial charge is 0.254 e. The van der Waals surface area contributed by atoms with Crippen LogP contribution in [0.3, 0.4) is 0 Å². The molecule has 0 spiro atoms. The average molecular weight is 480 g/mol. The molecule has 36 heavy (non-hydrogen) atoms. The number of nitrogens with zero attached hydrogens (tertiary/aromatic N) is 4. The molecular weight excluding hydrogens is 454 g/mol. The number of oxazole rings is 1. The summed E-state index contributed by atoms with van der Waals surface area (Å²) in [6.07, 6.45) is 3.59. The summed E-state index contributed by atoms with van der Waals surface area (Å²) in [4.78, 5) is 31.5. The number of aryl methyl sites for hydroxylation is 1. The Hall–Kier alpha value is -4.72. The van der Waals surface area contributed by atoms with Crippen molar-refractivity contribution in [2.24, 2.45) is 0 Å². The van der Waals surface area contributed by atoms with Gasteiger partial charge in [-0.05, 0) is 42.8 Å². The fraction of sp³-hybridized carbons (Fsp3) is 0.143. The molecule has 2 aromatic heterocycles. The summed E-state index contributed by atoms with van der Waals surface area (Å²) in [7, 11) is 1.71. The number of anilines is 1. The third-order valence-electron chi connectivity index (χ3n) is 5.73. The molecule has 0 radical (unpaired) electrons. The fourth-order valence-corrected chi connectivity index (χ4v) is 4.01. The first-order valence-electron chi connectivity index (χ1n) is 11.5. The Morgan fingerprint density at radius 1 is 1.03 bits per heavy atom. The molecule has 2 amide bonds. The van der Waals surface area contributed by atoms with Gasteiger partial charge in [0, 0.05) is 12.6 Å². The Morgan fingerprint density at radius 3 is 2.69 bits per heavy atom. The number of rotatable bonds is 7. The number of benzene rings is 3. The predicted octanol–water partition coefficient (Wildman–Crippen LogP) is 4.78. The summed E-state index contributed by atoms with van der Waals surface area (Å²) >= 11 is 0. The lowest BCUT2D eigenvalue weighted by Crippen LogP contribution is -2.26. The van der Waals surface area contributed by atoms with Gasteiger partial charge >= 0.3 is 0 Å². The van der Waals surface area contributed by atoms with Gasteiger partial charge in [0.05, 0.1) is 36.7 Å². The number of hydrogen-bond donors (Lipinski definition) is 1. The molecule has 3 aromatic carbocycles. The van der Waals surface area contributed by atoms with Crippen LogP contribution in [0.2, 0.25) is 0 Å². The molecule has 5 aromatic rings. The quantitative estimate of drug-likeness (QED) is 0.363. The van der Waals surface area contributed by atoms with Gasteiger partial charge in [-0.25, -0.2) is 9.67 Å². The fourth-order valence-electron chi connectivity index (χ4n) is 4.01. The molecule has 8 nitrogen and oxygen atoms in total. The molecule has 180 valence electrons. The van der Waals surface area contributed by atoms with Crippen molar-refractivity contribution in [2.75, 3.05) is 12.4 Å². The van der Waals surface area contributed by atoms with Crippen molar-refractivity contribution < 1.29 is 14.0 Å². The van der Waals surface area contributed by atoms with Gasteiger partial charge in [-0.1, -0.05) is 48.0 Å². The number of carbonyl (C=O) groups is 2. The molecule has 0 bridgehead atoms. The van der Waals surface area contributed by atoms with E-state index in [0.29, 0.717) is 28.4 Å². The lowest BCUT2D eigenvalue weighted by atomic mass is 10.1. The summed E-state index contributed by atoms with van der Waals surface area (Å²) in [5.41, 5.74) is 5.31. The second-order valence-electron chi connectivity index (χ2n) is 8.67. The van der Waals surface area contributed by atoms with Crippen LogP contribution in [0.15, 0.2) is 89.6 Å². The first-order chi connectivity index (χ1) is 17.4. The zero-order valence-corrected chi connectivity index (χ0v) is 20.0. The Morgan fingerprint density at radius 2 is 1.86 bits per heavy atom. The van der Waals surface area contributed by atoms with Crippen LogP contribution in [0.4, 0.5) is 5.69 Å². The van der Waals surface area contributed by atoms with Gasteiger partial charge in [0.15, 0.2) is 5.58 Å². The molecule has 8 heteroatoms. The second-order valence-corrected chi connectivity index (χ2v) is 8.67. The number of nitrogens with one attached hydrogen (secondary N) is 1. The molecule has 0 aliphatic heterocycles. The van der Waals surface area contributed by atoms with E-state index in [4.69, 9.17) is 4.42 Å². The highest BCUT2D eigenvalue weighted by Crippen LogP contribution is 2.18. The summed E-state index contributed by atoms with van der Waals surface area (Å²) < 4.78 is 7.37. The van der Waals surface area contributed by atoms with E-state index in [-0.39, 0.29) is 24.8 Å². The van der Waals surface area contributed by atoms with Crippen LogP contribution in [0.25, 0.3) is 16.8 Å². The second kappa shape index (κ2) is 9.87. The van der Waals surface area contributed by atoms with Crippen LogP contribution in [-0.2, 0) is 17.8 Å². The van der Waals surface area contributed by atoms with E-state index in [1.54, 1.807) is 47.2 Å². The molecule has 0 aliphatic carbocycles. The zero-order valence-electron chi connectivity index (χ0n) is 20.0. The van der Waals surface area contributed by atoms with Crippen molar-refractivity contribution in [3.8, 4) is 5.69 Å². The molecule has 5 rings (SSSR count). The van der Waals surface area contributed by atoms with Gasteiger partial charge in [-0.3, -0.25) is 9.59 Å². The van der Waals surface area contributed by atoms with Crippen LogP contribution < -0.4 is 5.32 Å². The Bertz CT molecular complexity index is 1520. The number of para-hydroxylation sites is 2. The zero-order chi connectivity index (χ0) is 25.1. The van der Waals surface area contributed by atoms with Crippen LogP contribution in [-0.4, -0.2) is 38.5 Å². The number of carbonyl (C=O) groups excluding carboxylic acids is 2. The van der Waals surface area contributed by atoms with E-state index in [1.165, 1.54) is 0 Å². The standard InChI is InChI=1S/C28H25N5O3/c1-19-7-5-8-20(13-19)14-26(34)30-22-16-29-33(17-22)23-10-6-9-21(15-23)28(35)32(2)18-27-31-24-11-3-4-12-25(24)36-27/h3-13,15-17H,14,18H2,1-2H3,(H,30,34). The molecule has 0 unspecified atom stereocenters. The minimum atomic E-state index is -0.169. The largest absolute Gasteiger partial charge is 0.439 e.